The van der Waals surface area contributed by atoms with Gasteiger partial charge in [-0.05, 0) is 25.0 Å². The highest BCUT2D eigenvalue weighted by molar-refractivity contribution is 8.00. The molecule has 0 heterocycles. The van der Waals surface area contributed by atoms with Gasteiger partial charge in [0.2, 0.25) is 0 Å². The van der Waals surface area contributed by atoms with Crippen LogP contribution in [-0.4, -0.2) is 5.25 Å². The minimum absolute atomic E-state index is 0.203. The van der Waals surface area contributed by atoms with Crippen LogP contribution < -0.4 is 0 Å². The van der Waals surface area contributed by atoms with Crippen LogP contribution in [0.1, 0.15) is 31.2 Å². The SMILES string of the molecule is N#Cc1c(F)cccc1SC1CCCC1. The minimum Gasteiger partial charge on any atom is -0.206 e. The summed E-state index contributed by atoms with van der Waals surface area (Å²) in [7, 11) is 0. The predicted molar refractivity (Wildman–Crippen MR) is 59.2 cm³/mol. The third-order valence-electron chi connectivity index (χ3n) is 2.68. The van der Waals surface area contributed by atoms with Crippen LogP contribution in [0.15, 0.2) is 23.1 Å². The van der Waals surface area contributed by atoms with E-state index in [1.807, 2.05) is 12.1 Å². The molecule has 0 unspecified atom stereocenters. The summed E-state index contributed by atoms with van der Waals surface area (Å²) in [4.78, 5) is 0.796. The predicted octanol–water partition coefficient (Wildman–Crippen LogP) is 3.73. The number of nitrogens with zero attached hydrogens (tertiary/aromatic N) is 1. The maximum absolute atomic E-state index is 13.3. The van der Waals surface area contributed by atoms with Gasteiger partial charge in [0.15, 0.2) is 0 Å². The fourth-order valence-corrected chi connectivity index (χ4v) is 3.24. The van der Waals surface area contributed by atoms with E-state index in [1.165, 1.54) is 31.7 Å². The molecule has 1 aromatic carbocycles. The largest absolute Gasteiger partial charge is 0.206 e. The first-order valence-electron chi connectivity index (χ1n) is 5.16. The molecule has 2 rings (SSSR count). The fourth-order valence-electron chi connectivity index (χ4n) is 1.90. The van der Waals surface area contributed by atoms with Crippen molar-refractivity contribution >= 4 is 11.8 Å². The molecule has 0 saturated heterocycles. The highest BCUT2D eigenvalue weighted by Crippen LogP contribution is 2.36. The van der Waals surface area contributed by atoms with E-state index in [9.17, 15) is 4.39 Å². The molecule has 0 radical (unpaired) electrons. The van der Waals surface area contributed by atoms with Crippen LogP contribution in [0.2, 0.25) is 0 Å². The highest BCUT2D eigenvalue weighted by Gasteiger charge is 2.18. The molecule has 0 atom stereocenters. The Morgan fingerprint density at radius 1 is 1.33 bits per heavy atom. The summed E-state index contributed by atoms with van der Waals surface area (Å²) in [5.74, 6) is -0.402. The van der Waals surface area contributed by atoms with Crippen molar-refractivity contribution in [3.05, 3.63) is 29.6 Å². The summed E-state index contributed by atoms with van der Waals surface area (Å²) >= 11 is 1.65. The van der Waals surface area contributed by atoms with Crippen LogP contribution in [0.5, 0.6) is 0 Å². The summed E-state index contributed by atoms with van der Waals surface area (Å²) in [6.07, 6.45) is 4.89. The molecule has 1 aliphatic rings. The maximum atomic E-state index is 13.3. The minimum atomic E-state index is -0.402. The van der Waals surface area contributed by atoms with E-state index in [1.54, 1.807) is 17.8 Å². The lowest BCUT2D eigenvalue weighted by atomic mass is 10.2. The smallest absolute Gasteiger partial charge is 0.142 e. The van der Waals surface area contributed by atoms with E-state index in [0.717, 1.165) is 4.90 Å². The standard InChI is InChI=1S/C12H12FNS/c13-11-6-3-7-12(10(11)8-14)15-9-4-1-2-5-9/h3,6-7,9H,1-2,4-5H2. The van der Waals surface area contributed by atoms with Gasteiger partial charge in [0, 0.05) is 10.1 Å². The number of thioether (sulfide) groups is 1. The quantitative estimate of drug-likeness (QED) is 0.759. The van der Waals surface area contributed by atoms with Crippen LogP contribution in [0.3, 0.4) is 0 Å². The van der Waals surface area contributed by atoms with E-state index >= 15 is 0 Å². The molecule has 1 aromatic rings. The van der Waals surface area contributed by atoms with Gasteiger partial charge < -0.3 is 0 Å². The van der Waals surface area contributed by atoms with Crippen molar-refractivity contribution in [1.29, 1.82) is 5.26 Å². The van der Waals surface area contributed by atoms with Gasteiger partial charge in [0.25, 0.3) is 0 Å². The summed E-state index contributed by atoms with van der Waals surface area (Å²) in [6.45, 7) is 0. The first-order valence-corrected chi connectivity index (χ1v) is 6.04. The zero-order valence-corrected chi connectivity index (χ0v) is 9.19. The van der Waals surface area contributed by atoms with Crippen molar-refractivity contribution < 1.29 is 4.39 Å². The normalized spacial score (nSPS) is 16.5. The summed E-state index contributed by atoms with van der Waals surface area (Å²) in [6, 6.07) is 6.80. The Balaban J connectivity index is 2.20. The van der Waals surface area contributed by atoms with Crippen molar-refractivity contribution in [1.82, 2.24) is 0 Å². The highest BCUT2D eigenvalue weighted by atomic mass is 32.2. The second-order valence-corrected chi connectivity index (χ2v) is 5.09. The van der Waals surface area contributed by atoms with E-state index < -0.39 is 5.82 Å². The van der Waals surface area contributed by atoms with Gasteiger partial charge in [-0.3, -0.25) is 0 Å². The van der Waals surface area contributed by atoms with Crippen molar-refractivity contribution in [2.24, 2.45) is 0 Å². The molecule has 0 aromatic heterocycles. The molecular formula is C12H12FNS. The first-order chi connectivity index (χ1) is 7.31. The Bertz CT molecular complexity index is 391. The number of benzene rings is 1. The zero-order chi connectivity index (χ0) is 10.7. The van der Waals surface area contributed by atoms with Crippen molar-refractivity contribution in [2.45, 2.75) is 35.8 Å². The Morgan fingerprint density at radius 3 is 2.73 bits per heavy atom. The fraction of sp³-hybridized carbons (Fsp3) is 0.417. The van der Waals surface area contributed by atoms with Gasteiger partial charge in [-0.2, -0.15) is 5.26 Å². The lowest BCUT2D eigenvalue weighted by Crippen LogP contribution is -1.96. The van der Waals surface area contributed by atoms with E-state index in [0.29, 0.717) is 5.25 Å². The van der Waals surface area contributed by atoms with Gasteiger partial charge in [-0.25, -0.2) is 4.39 Å². The lowest BCUT2D eigenvalue weighted by molar-refractivity contribution is 0.619. The number of halogens is 1. The molecule has 15 heavy (non-hydrogen) atoms. The lowest BCUT2D eigenvalue weighted by Gasteiger charge is -2.09. The van der Waals surface area contributed by atoms with Crippen LogP contribution in [0.4, 0.5) is 4.39 Å². The topological polar surface area (TPSA) is 23.8 Å². The van der Waals surface area contributed by atoms with Gasteiger partial charge in [-0.1, -0.05) is 18.9 Å². The Kier molecular flexibility index (Phi) is 3.27. The molecule has 0 aliphatic heterocycles. The molecule has 0 amide bonds. The Morgan fingerprint density at radius 2 is 2.07 bits per heavy atom. The van der Waals surface area contributed by atoms with Gasteiger partial charge in [0.1, 0.15) is 17.4 Å². The number of rotatable bonds is 2. The monoisotopic (exact) mass is 221 g/mol. The number of nitriles is 1. The molecule has 1 nitrogen and oxygen atoms in total. The second-order valence-electron chi connectivity index (χ2n) is 3.75. The average molecular weight is 221 g/mol. The zero-order valence-electron chi connectivity index (χ0n) is 8.37. The molecular weight excluding hydrogens is 209 g/mol. The van der Waals surface area contributed by atoms with E-state index in [-0.39, 0.29) is 5.56 Å². The van der Waals surface area contributed by atoms with Crippen LogP contribution >= 0.6 is 11.8 Å². The third-order valence-corrected chi connectivity index (χ3v) is 4.08. The molecule has 78 valence electrons. The molecule has 0 bridgehead atoms. The van der Waals surface area contributed by atoms with Crippen molar-refractivity contribution in [3.63, 3.8) is 0 Å². The molecule has 1 aliphatic carbocycles. The average Bonchev–Trinajstić information content (AvgIpc) is 2.71. The van der Waals surface area contributed by atoms with Gasteiger partial charge in [-0.15, -0.1) is 11.8 Å². The van der Waals surface area contributed by atoms with Crippen molar-refractivity contribution in [3.8, 4) is 6.07 Å². The molecule has 0 N–H and O–H groups in total. The summed E-state index contributed by atoms with van der Waals surface area (Å²) in [5, 5.41) is 9.44. The first kappa shape index (κ1) is 10.5. The Hall–Kier alpha value is -1.01. The maximum Gasteiger partial charge on any atom is 0.142 e. The van der Waals surface area contributed by atoms with E-state index in [2.05, 4.69) is 0 Å². The number of hydrogen-bond donors (Lipinski definition) is 0. The van der Waals surface area contributed by atoms with Crippen LogP contribution in [-0.2, 0) is 0 Å². The van der Waals surface area contributed by atoms with Gasteiger partial charge in [0.05, 0.1) is 0 Å². The van der Waals surface area contributed by atoms with E-state index in [4.69, 9.17) is 5.26 Å². The molecule has 3 heteroatoms. The second kappa shape index (κ2) is 4.67. The van der Waals surface area contributed by atoms with Crippen LogP contribution in [0.25, 0.3) is 0 Å². The number of hydrogen-bond acceptors (Lipinski definition) is 2. The van der Waals surface area contributed by atoms with Crippen molar-refractivity contribution in [2.75, 3.05) is 0 Å². The third kappa shape index (κ3) is 2.32. The molecule has 1 saturated carbocycles. The van der Waals surface area contributed by atoms with Gasteiger partial charge >= 0.3 is 0 Å². The summed E-state index contributed by atoms with van der Waals surface area (Å²) in [5.41, 5.74) is 0.203. The van der Waals surface area contributed by atoms with Crippen LogP contribution in [0, 0.1) is 17.1 Å². The summed E-state index contributed by atoms with van der Waals surface area (Å²) < 4.78 is 13.3. The molecule has 0 spiro atoms. The molecule has 1 fully saturated rings. The Labute approximate surface area is 93.3 Å².